The topological polar surface area (TPSA) is 12.9 Å². The molecule has 2 heteroatoms. The lowest BCUT2D eigenvalue weighted by atomic mass is 9.84. The molecule has 2 aromatic rings. The highest BCUT2D eigenvalue weighted by molar-refractivity contribution is 7.12. The average Bonchev–Trinajstić information content (AvgIpc) is 2.78. The summed E-state index contributed by atoms with van der Waals surface area (Å²) in [5, 5.41) is 0. The van der Waals surface area contributed by atoms with Crippen molar-refractivity contribution < 1.29 is 0 Å². The Morgan fingerprint density at radius 1 is 1.00 bits per heavy atom. The van der Waals surface area contributed by atoms with Crippen molar-refractivity contribution in [3.05, 3.63) is 52.0 Å². The van der Waals surface area contributed by atoms with Gasteiger partial charge in [-0.1, -0.05) is 40.7 Å². The van der Waals surface area contributed by atoms with Crippen LogP contribution in [0.5, 0.6) is 0 Å². The maximum atomic E-state index is 4.51. The van der Waals surface area contributed by atoms with E-state index in [9.17, 15) is 0 Å². The molecule has 0 saturated heterocycles. The van der Waals surface area contributed by atoms with E-state index in [0.717, 1.165) is 6.42 Å². The number of pyridine rings is 1. The fourth-order valence-corrected chi connectivity index (χ4v) is 3.46. The van der Waals surface area contributed by atoms with Crippen LogP contribution >= 0.6 is 11.3 Å². The molecule has 0 aliphatic carbocycles. The molecule has 19 heavy (non-hydrogen) atoms. The summed E-state index contributed by atoms with van der Waals surface area (Å²) in [6, 6.07) is 10.7. The maximum Gasteiger partial charge on any atom is 0.0463 e. The molecule has 0 spiro atoms. The van der Waals surface area contributed by atoms with E-state index in [0.29, 0.717) is 0 Å². The Bertz CT molecular complexity index is 532. The molecule has 0 aromatic carbocycles. The van der Waals surface area contributed by atoms with Crippen LogP contribution in [-0.2, 0) is 17.3 Å². The third kappa shape index (κ3) is 3.44. The molecule has 0 saturated carbocycles. The van der Waals surface area contributed by atoms with Crippen LogP contribution in [0.2, 0.25) is 0 Å². The van der Waals surface area contributed by atoms with Gasteiger partial charge in [-0.2, -0.15) is 0 Å². The average molecular weight is 273 g/mol. The zero-order valence-electron chi connectivity index (χ0n) is 12.5. The summed E-state index contributed by atoms with van der Waals surface area (Å²) in [4.78, 5) is 7.41. The Kier molecular flexibility index (Phi) is 3.82. The van der Waals surface area contributed by atoms with E-state index in [4.69, 9.17) is 0 Å². The van der Waals surface area contributed by atoms with Crippen molar-refractivity contribution in [2.75, 3.05) is 0 Å². The Morgan fingerprint density at radius 3 is 2.26 bits per heavy atom. The molecular formula is C17H23NS. The van der Waals surface area contributed by atoms with Crippen molar-refractivity contribution >= 4 is 11.3 Å². The first-order chi connectivity index (χ1) is 8.79. The molecule has 0 radical (unpaired) electrons. The first-order valence-electron chi connectivity index (χ1n) is 6.80. The number of thiophene rings is 1. The van der Waals surface area contributed by atoms with Crippen LogP contribution in [0.15, 0.2) is 36.5 Å². The minimum Gasteiger partial charge on any atom is -0.261 e. The van der Waals surface area contributed by atoms with Crippen molar-refractivity contribution in [2.24, 2.45) is 0 Å². The zero-order valence-corrected chi connectivity index (χ0v) is 13.3. The summed E-state index contributed by atoms with van der Waals surface area (Å²) in [5.41, 5.74) is 1.50. The number of hydrogen-bond donors (Lipinski definition) is 0. The number of hydrogen-bond acceptors (Lipinski definition) is 2. The first-order valence-corrected chi connectivity index (χ1v) is 7.61. The predicted octanol–water partition coefficient (Wildman–Crippen LogP) is 4.96. The third-order valence-electron chi connectivity index (χ3n) is 3.38. The van der Waals surface area contributed by atoms with Gasteiger partial charge in [0, 0.05) is 27.1 Å². The third-order valence-corrected chi connectivity index (χ3v) is 4.89. The Hall–Kier alpha value is -1.15. The van der Waals surface area contributed by atoms with Crippen LogP contribution in [0.25, 0.3) is 0 Å². The molecular weight excluding hydrogens is 250 g/mol. The van der Waals surface area contributed by atoms with Gasteiger partial charge in [-0.25, -0.2) is 0 Å². The van der Waals surface area contributed by atoms with E-state index >= 15 is 0 Å². The molecule has 0 aliphatic heterocycles. The fourth-order valence-electron chi connectivity index (χ4n) is 2.17. The first kappa shape index (κ1) is 14.3. The van der Waals surface area contributed by atoms with Crippen LogP contribution in [0, 0.1) is 0 Å². The molecule has 2 heterocycles. The minimum absolute atomic E-state index is 0.0846. The smallest absolute Gasteiger partial charge is 0.0463 e. The molecule has 0 N–H and O–H groups in total. The van der Waals surface area contributed by atoms with Crippen molar-refractivity contribution in [3.63, 3.8) is 0 Å². The van der Waals surface area contributed by atoms with Crippen LogP contribution in [-0.4, -0.2) is 4.98 Å². The van der Waals surface area contributed by atoms with Gasteiger partial charge in [0.1, 0.15) is 0 Å². The molecule has 0 unspecified atom stereocenters. The van der Waals surface area contributed by atoms with Gasteiger partial charge >= 0.3 is 0 Å². The van der Waals surface area contributed by atoms with Crippen LogP contribution in [0.1, 0.15) is 50.1 Å². The summed E-state index contributed by atoms with van der Waals surface area (Å²) < 4.78 is 0. The largest absolute Gasteiger partial charge is 0.261 e. The standard InChI is InChI=1S/C17H23NS/c1-16(2,3)15-10-9-13(19-15)12-17(4,5)14-8-6-7-11-18-14/h6-11H,12H2,1-5H3. The molecule has 0 fully saturated rings. The van der Waals surface area contributed by atoms with Gasteiger partial charge in [0.05, 0.1) is 0 Å². The van der Waals surface area contributed by atoms with Crippen molar-refractivity contribution in [3.8, 4) is 0 Å². The minimum atomic E-state index is 0.0846. The number of aromatic nitrogens is 1. The van der Waals surface area contributed by atoms with Gasteiger partial charge in [-0.15, -0.1) is 11.3 Å². The summed E-state index contributed by atoms with van der Waals surface area (Å²) in [7, 11) is 0. The second kappa shape index (κ2) is 5.09. The molecule has 0 aliphatic rings. The second-order valence-corrected chi connectivity index (χ2v) is 7.96. The monoisotopic (exact) mass is 273 g/mol. The second-order valence-electron chi connectivity index (χ2n) is 6.79. The van der Waals surface area contributed by atoms with E-state index < -0.39 is 0 Å². The van der Waals surface area contributed by atoms with E-state index in [1.807, 2.05) is 23.6 Å². The highest BCUT2D eigenvalue weighted by Crippen LogP contribution is 2.33. The molecule has 2 aromatic heterocycles. The van der Waals surface area contributed by atoms with E-state index in [1.54, 1.807) is 0 Å². The van der Waals surface area contributed by atoms with Crippen LogP contribution in [0.3, 0.4) is 0 Å². The highest BCUT2D eigenvalue weighted by Gasteiger charge is 2.24. The van der Waals surface area contributed by atoms with Crippen molar-refractivity contribution in [2.45, 2.75) is 51.9 Å². The molecule has 0 atom stereocenters. The Morgan fingerprint density at radius 2 is 1.74 bits per heavy atom. The van der Waals surface area contributed by atoms with E-state index in [-0.39, 0.29) is 10.8 Å². The van der Waals surface area contributed by atoms with Crippen molar-refractivity contribution in [1.82, 2.24) is 4.98 Å². The van der Waals surface area contributed by atoms with Gasteiger partial charge in [0.25, 0.3) is 0 Å². The SMILES string of the molecule is CC(C)(C)c1ccc(CC(C)(C)c2ccccn2)s1. The molecule has 2 rings (SSSR count). The summed E-state index contributed by atoms with van der Waals surface area (Å²) in [6.45, 7) is 11.4. The van der Waals surface area contributed by atoms with Gasteiger partial charge in [0.15, 0.2) is 0 Å². The van der Waals surface area contributed by atoms with Gasteiger partial charge in [-0.05, 0) is 36.1 Å². The van der Waals surface area contributed by atoms with E-state index in [2.05, 4.69) is 63.9 Å². The highest BCUT2D eigenvalue weighted by atomic mass is 32.1. The molecule has 102 valence electrons. The quantitative estimate of drug-likeness (QED) is 0.770. The van der Waals surface area contributed by atoms with Crippen LogP contribution in [0.4, 0.5) is 0 Å². The maximum absolute atomic E-state index is 4.51. The normalized spacial score (nSPS) is 12.7. The van der Waals surface area contributed by atoms with E-state index in [1.165, 1.54) is 15.4 Å². The Balaban J connectivity index is 2.19. The van der Waals surface area contributed by atoms with Gasteiger partial charge < -0.3 is 0 Å². The van der Waals surface area contributed by atoms with Gasteiger partial charge in [0.2, 0.25) is 0 Å². The lowest BCUT2D eigenvalue weighted by Crippen LogP contribution is -2.21. The number of nitrogens with zero attached hydrogens (tertiary/aromatic N) is 1. The Labute approximate surface area is 120 Å². The zero-order chi connectivity index (χ0) is 14.1. The van der Waals surface area contributed by atoms with Crippen LogP contribution < -0.4 is 0 Å². The summed E-state index contributed by atoms with van der Waals surface area (Å²) in [6.07, 6.45) is 2.93. The summed E-state index contributed by atoms with van der Waals surface area (Å²) >= 11 is 1.93. The molecule has 1 nitrogen and oxygen atoms in total. The molecule has 0 bridgehead atoms. The number of rotatable bonds is 3. The lowest BCUT2D eigenvalue weighted by molar-refractivity contribution is 0.509. The van der Waals surface area contributed by atoms with Crippen molar-refractivity contribution in [1.29, 1.82) is 0 Å². The van der Waals surface area contributed by atoms with Gasteiger partial charge in [-0.3, -0.25) is 4.98 Å². The summed E-state index contributed by atoms with van der Waals surface area (Å²) in [5.74, 6) is 0. The lowest BCUT2D eigenvalue weighted by Gasteiger charge is -2.23. The molecule has 0 amide bonds. The predicted molar refractivity (Wildman–Crippen MR) is 84.0 cm³/mol. The fraction of sp³-hybridized carbons (Fsp3) is 0.471.